The topological polar surface area (TPSA) is 84.9 Å². The van der Waals surface area contributed by atoms with Crippen LogP contribution in [-0.4, -0.2) is 30.2 Å². The third-order valence-corrected chi connectivity index (χ3v) is 5.52. The third-order valence-electron chi connectivity index (χ3n) is 5.07. The Hall–Kier alpha value is -1.36. The number of benzene rings is 1. The molecular weight excluding hydrogens is 401 g/mol. The van der Waals surface area contributed by atoms with Gasteiger partial charge in [-0.3, -0.25) is 4.57 Å². The summed E-state index contributed by atoms with van der Waals surface area (Å²) < 4.78 is 20.8. The van der Waals surface area contributed by atoms with Gasteiger partial charge in [-0.2, -0.15) is 0 Å². The van der Waals surface area contributed by atoms with Crippen molar-refractivity contribution in [2.24, 2.45) is 0 Å². The van der Waals surface area contributed by atoms with E-state index in [2.05, 4.69) is 36.5 Å². The standard InChI is InChI=1S/C23H40NO5P/c1-3-5-7-8-9-10-11-20-12-14-21(15-13-20)19-22(16-18-29-30(26)27)24-23(25)28-17-6-4-2/h12-15,22,30H,3-11,16-19H2,1-2H3,(H,24,25)(H,26,27). The number of carbonyl (C=O) groups excluding carboxylic acids is 1. The van der Waals surface area contributed by atoms with E-state index in [9.17, 15) is 9.36 Å². The van der Waals surface area contributed by atoms with Crippen molar-refractivity contribution in [2.75, 3.05) is 13.2 Å². The van der Waals surface area contributed by atoms with Crippen LogP contribution in [0.2, 0.25) is 0 Å². The number of carbonyl (C=O) groups is 1. The Labute approximate surface area is 182 Å². The summed E-state index contributed by atoms with van der Waals surface area (Å²) in [5.74, 6) is 0. The summed E-state index contributed by atoms with van der Waals surface area (Å²) in [6.45, 7) is 4.78. The van der Waals surface area contributed by atoms with Crippen LogP contribution in [-0.2, 0) is 26.7 Å². The molecule has 0 aliphatic carbocycles. The van der Waals surface area contributed by atoms with E-state index < -0.39 is 14.3 Å². The van der Waals surface area contributed by atoms with Crippen LogP contribution in [0, 0.1) is 0 Å². The van der Waals surface area contributed by atoms with Crippen molar-refractivity contribution in [2.45, 2.75) is 90.5 Å². The molecule has 0 aliphatic heterocycles. The molecule has 0 radical (unpaired) electrons. The predicted octanol–water partition coefficient (Wildman–Crippen LogP) is 5.82. The van der Waals surface area contributed by atoms with E-state index >= 15 is 0 Å². The van der Waals surface area contributed by atoms with Gasteiger partial charge in [0.05, 0.1) is 13.2 Å². The second kappa shape index (κ2) is 17.3. The summed E-state index contributed by atoms with van der Waals surface area (Å²) >= 11 is 0. The van der Waals surface area contributed by atoms with Gasteiger partial charge >= 0.3 is 14.3 Å². The van der Waals surface area contributed by atoms with Crippen LogP contribution < -0.4 is 5.32 Å². The summed E-state index contributed by atoms with van der Waals surface area (Å²) in [7, 11) is -2.96. The number of hydrogen-bond acceptors (Lipinski definition) is 4. The molecular formula is C23H40NO5P. The van der Waals surface area contributed by atoms with Crippen LogP contribution in [0.4, 0.5) is 4.79 Å². The summed E-state index contributed by atoms with van der Waals surface area (Å²) in [5, 5.41) is 2.86. The molecule has 172 valence electrons. The van der Waals surface area contributed by atoms with Gasteiger partial charge in [-0.15, -0.1) is 0 Å². The molecule has 30 heavy (non-hydrogen) atoms. The van der Waals surface area contributed by atoms with Gasteiger partial charge in [0.1, 0.15) is 0 Å². The Morgan fingerprint density at radius 3 is 2.27 bits per heavy atom. The number of rotatable bonds is 17. The number of alkyl carbamates (subject to hydrolysis) is 1. The van der Waals surface area contributed by atoms with Crippen LogP contribution in [0.5, 0.6) is 0 Å². The van der Waals surface area contributed by atoms with Gasteiger partial charge in [-0.1, -0.05) is 76.6 Å². The fourth-order valence-corrected chi connectivity index (χ4v) is 3.56. The van der Waals surface area contributed by atoms with Crippen LogP contribution in [0.25, 0.3) is 0 Å². The van der Waals surface area contributed by atoms with Gasteiger partial charge in [-0.05, 0) is 43.2 Å². The predicted molar refractivity (Wildman–Crippen MR) is 122 cm³/mol. The monoisotopic (exact) mass is 441 g/mol. The maximum atomic E-state index is 12.0. The quantitative estimate of drug-likeness (QED) is 0.235. The molecule has 0 saturated carbocycles. The fraction of sp³-hybridized carbons (Fsp3) is 0.696. The normalized spacial score (nSPS) is 13.0. The van der Waals surface area contributed by atoms with Gasteiger partial charge in [-0.25, -0.2) is 4.79 Å². The molecule has 0 saturated heterocycles. The minimum atomic E-state index is -2.96. The lowest BCUT2D eigenvalue weighted by Crippen LogP contribution is -2.37. The zero-order valence-corrected chi connectivity index (χ0v) is 19.7. The molecule has 0 aliphatic rings. The lowest BCUT2D eigenvalue weighted by Gasteiger charge is -2.19. The molecule has 1 aromatic carbocycles. The molecule has 1 amide bonds. The van der Waals surface area contributed by atoms with Gasteiger partial charge in [0, 0.05) is 6.04 Å². The number of nitrogens with one attached hydrogen (secondary N) is 1. The fourth-order valence-electron chi connectivity index (χ4n) is 3.27. The van der Waals surface area contributed by atoms with Crippen molar-refractivity contribution in [1.29, 1.82) is 0 Å². The summed E-state index contributed by atoms with van der Waals surface area (Å²) in [6.07, 6.45) is 11.2. The molecule has 0 spiro atoms. The van der Waals surface area contributed by atoms with Crippen LogP contribution >= 0.6 is 8.25 Å². The summed E-state index contributed by atoms with van der Waals surface area (Å²) in [5.41, 5.74) is 2.44. The van der Waals surface area contributed by atoms with E-state index in [0.29, 0.717) is 19.4 Å². The molecule has 2 atom stereocenters. The highest BCUT2D eigenvalue weighted by Gasteiger charge is 2.15. The van der Waals surface area contributed by atoms with E-state index in [-0.39, 0.29) is 12.6 Å². The Morgan fingerprint density at radius 1 is 0.967 bits per heavy atom. The van der Waals surface area contributed by atoms with E-state index in [0.717, 1.165) is 24.8 Å². The van der Waals surface area contributed by atoms with Gasteiger partial charge < -0.3 is 19.5 Å². The zero-order valence-electron chi connectivity index (χ0n) is 18.7. The second-order valence-corrected chi connectivity index (χ2v) is 8.59. The first-order valence-electron chi connectivity index (χ1n) is 11.4. The van der Waals surface area contributed by atoms with Crippen molar-refractivity contribution in [3.05, 3.63) is 35.4 Å². The van der Waals surface area contributed by atoms with Gasteiger partial charge in [0.25, 0.3) is 0 Å². The van der Waals surface area contributed by atoms with Gasteiger partial charge in [0.2, 0.25) is 0 Å². The lowest BCUT2D eigenvalue weighted by molar-refractivity contribution is 0.138. The van der Waals surface area contributed by atoms with Crippen molar-refractivity contribution in [1.82, 2.24) is 5.32 Å². The average Bonchev–Trinajstić information content (AvgIpc) is 2.71. The van der Waals surface area contributed by atoms with Crippen molar-refractivity contribution >= 4 is 14.3 Å². The largest absolute Gasteiger partial charge is 0.450 e. The first-order valence-corrected chi connectivity index (χ1v) is 12.7. The molecule has 0 bridgehead atoms. The van der Waals surface area contributed by atoms with Crippen LogP contribution in [0.3, 0.4) is 0 Å². The second-order valence-electron chi connectivity index (χ2n) is 7.77. The smallest absolute Gasteiger partial charge is 0.407 e. The number of amides is 1. The van der Waals surface area contributed by atoms with Crippen molar-refractivity contribution in [3.63, 3.8) is 0 Å². The minimum absolute atomic E-state index is 0.115. The maximum absolute atomic E-state index is 12.0. The average molecular weight is 442 g/mol. The number of aryl methyl sites for hydroxylation is 1. The van der Waals surface area contributed by atoms with E-state index in [1.165, 1.54) is 44.1 Å². The van der Waals surface area contributed by atoms with Crippen molar-refractivity contribution in [3.8, 4) is 0 Å². The zero-order chi connectivity index (χ0) is 22.0. The van der Waals surface area contributed by atoms with E-state index in [4.69, 9.17) is 14.2 Å². The number of hydrogen-bond donors (Lipinski definition) is 2. The number of unbranched alkanes of at least 4 members (excludes halogenated alkanes) is 6. The first kappa shape index (κ1) is 26.7. The Kier molecular flexibility index (Phi) is 15.4. The lowest BCUT2D eigenvalue weighted by atomic mass is 10.00. The molecule has 1 aromatic rings. The Balaban J connectivity index is 2.49. The van der Waals surface area contributed by atoms with Crippen molar-refractivity contribution < 1.29 is 23.5 Å². The first-order chi connectivity index (χ1) is 14.5. The summed E-state index contributed by atoms with van der Waals surface area (Å²) in [4.78, 5) is 20.9. The highest BCUT2D eigenvalue weighted by Crippen LogP contribution is 2.17. The molecule has 2 N–H and O–H groups in total. The highest BCUT2D eigenvalue weighted by atomic mass is 31.1. The van der Waals surface area contributed by atoms with Gasteiger partial charge in [0.15, 0.2) is 0 Å². The molecule has 7 heteroatoms. The van der Waals surface area contributed by atoms with E-state index in [1.54, 1.807) is 0 Å². The highest BCUT2D eigenvalue weighted by molar-refractivity contribution is 7.32. The Morgan fingerprint density at radius 2 is 1.60 bits per heavy atom. The van der Waals surface area contributed by atoms with Crippen LogP contribution in [0.1, 0.15) is 82.8 Å². The third kappa shape index (κ3) is 13.8. The molecule has 0 heterocycles. The molecule has 2 unspecified atom stereocenters. The number of ether oxygens (including phenoxy) is 1. The Bertz CT molecular complexity index is 594. The SMILES string of the molecule is CCCCCCCCc1ccc(CC(CCO[PH](=O)O)NC(=O)OCCCC)cc1. The molecule has 1 rings (SSSR count). The van der Waals surface area contributed by atoms with Crippen LogP contribution in [0.15, 0.2) is 24.3 Å². The van der Waals surface area contributed by atoms with E-state index in [1.807, 2.05) is 6.92 Å². The maximum Gasteiger partial charge on any atom is 0.407 e. The molecule has 0 aromatic heterocycles. The summed E-state index contributed by atoms with van der Waals surface area (Å²) in [6, 6.07) is 8.28. The molecule has 0 fully saturated rings. The minimum Gasteiger partial charge on any atom is -0.450 e. The molecule has 6 nitrogen and oxygen atoms in total.